The minimum Gasteiger partial charge on any atom is -0.465 e. The number of sulfone groups is 1. The van der Waals surface area contributed by atoms with Gasteiger partial charge in [0, 0.05) is 12.2 Å². The quantitative estimate of drug-likeness (QED) is 0.530. The van der Waals surface area contributed by atoms with E-state index in [2.05, 4.69) is 11.9 Å². The van der Waals surface area contributed by atoms with Gasteiger partial charge in [-0.3, -0.25) is 9.59 Å². The van der Waals surface area contributed by atoms with Crippen molar-refractivity contribution in [1.29, 1.82) is 0 Å². The summed E-state index contributed by atoms with van der Waals surface area (Å²) in [6.07, 6.45) is 8.61. The Morgan fingerprint density at radius 1 is 1.19 bits per heavy atom. The third-order valence-electron chi connectivity index (χ3n) is 6.04. The number of amides is 1. The second-order valence-electron chi connectivity index (χ2n) is 8.49. The molecule has 0 saturated heterocycles. The van der Waals surface area contributed by atoms with Crippen LogP contribution in [-0.4, -0.2) is 37.7 Å². The molecule has 0 N–H and O–H groups in total. The number of rotatable bonds is 8. The van der Waals surface area contributed by atoms with Gasteiger partial charge in [0.15, 0.2) is 14.6 Å². The maximum Gasteiger partial charge on any atom is 0.326 e. The molecule has 0 radical (unpaired) electrons. The molecule has 1 aromatic carbocycles. The molecule has 1 amide bonds. The SMILES string of the molecule is CCCCC1CCC(C(=O)N=c2sc3cc(S(C)(=O)=O)ccc3n2CC(=O)OCC)CC1. The number of carbonyl (C=O) groups excluding carboxylic acids is 2. The molecule has 0 unspecified atom stereocenters. The Morgan fingerprint density at radius 3 is 2.53 bits per heavy atom. The Bertz CT molecular complexity index is 1140. The molecule has 1 aliphatic rings. The molecule has 32 heavy (non-hydrogen) atoms. The number of thiazole rings is 1. The lowest BCUT2D eigenvalue weighted by molar-refractivity contribution is -0.143. The van der Waals surface area contributed by atoms with E-state index in [0.717, 1.165) is 31.9 Å². The monoisotopic (exact) mass is 480 g/mol. The van der Waals surface area contributed by atoms with E-state index in [4.69, 9.17) is 4.74 Å². The van der Waals surface area contributed by atoms with Gasteiger partial charge in [0.2, 0.25) is 0 Å². The average molecular weight is 481 g/mol. The van der Waals surface area contributed by atoms with E-state index in [-0.39, 0.29) is 29.9 Å². The molecule has 176 valence electrons. The van der Waals surface area contributed by atoms with Crippen molar-refractivity contribution in [2.24, 2.45) is 16.8 Å². The lowest BCUT2D eigenvalue weighted by Gasteiger charge is -2.26. The first kappa shape index (κ1) is 24.6. The topological polar surface area (TPSA) is 94.8 Å². The zero-order valence-corrected chi connectivity index (χ0v) is 20.6. The number of nitrogens with zero attached hydrogens (tertiary/aromatic N) is 2. The highest BCUT2D eigenvalue weighted by molar-refractivity contribution is 7.90. The maximum absolute atomic E-state index is 13.0. The van der Waals surface area contributed by atoms with Crippen LogP contribution in [0, 0.1) is 11.8 Å². The van der Waals surface area contributed by atoms with Crippen molar-refractivity contribution in [3.8, 4) is 0 Å². The van der Waals surface area contributed by atoms with Crippen LogP contribution in [0.3, 0.4) is 0 Å². The van der Waals surface area contributed by atoms with E-state index in [9.17, 15) is 18.0 Å². The van der Waals surface area contributed by atoms with Crippen LogP contribution in [0.2, 0.25) is 0 Å². The number of aromatic nitrogens is 1. The molecule has 7 nitrogen and oxygen atoms in total. The Morgan fingerprint density at radius 2 is 1.91 bits per heavy atom. The molecule has 0 aliphatic heterocycles. The molecule has 0 atom stereocenters. The fourth-order valence-electron chi connectivity index (χ4n) is 4.23. The molecule has 1 fully saturated rings. The Labute approximate surface area is 193 Å². The summed E-state index contributed by atoms with van der Waals surface area (Å²) >= 11 is 1.22. The minimum atomic E-state index is -3.37. The lowest BCUT2D eigenvalue weighted by Crippen LogP contribution is -2.26. The number of fused-ring (bicyclic) bond motifs is 1. The van der Waals surface area contributed by atoms with Crippen molar-refractivity contribution in [3.63, 3.8) is 0 Å². The van der Waals surface area contributed by atoms with Gasteiger partial charge >= 0.3 is 5.97 Å². The first-order valence-electron chi connectivity index (χ1n) is 11.3. The van der Waals surface area contributed by atoms with Crippen LogP contribution >= 0.6 is 11.3 Å². The zero-order valence-electron chi connectivity index (χ0n) is 19.0. The van der Waals surface area contributed by atoms with Gasteiger partial charge in [0.25, 0.3) is 5.91 Å². The first-order chi connectivity index (χ1) is 15.2. The highest BCUT2D eigenvalue weighted by Crippen LogP contribution is 2.32. The van der Waals surface area contributed by atoms with Gasteiger partial charge in [-0.05, 0) is 56.7 Å². The average Bonchev–Trinajstić information content (AvgIpc) is 3.08. The largest absolute Gasteiger partial charge is 0.465 e. The standard InChI is InChI=1S/C23H32N2O5S2/c1-4-6-7-16-8-10-17(11-9-16)22(27)24-23-25(15-21(26)30-5-2)19-13-12-18(32(3,28)29)14-20(19)31-23/h12-14,16-17H,4-11,15H2,1-3H3. The second-order valence-corrected chi connectivity index (χ2v) is 11.5. The Kier molecular flexibility index (Phi) is 8.27. The highest BCUT2D eigenvalue weighted by atomic mass is 32.2. The number of unbranched alkanes of at least 4 members (excludes halogenated alkanes) is 1. The van der Waals surface area contributed by atoms with Gasteiger partial charge in [-0.1, -0.05) is 37.5 Å². The predicted molar refractivity (Wildman–Crippen MR) is 125 cm³/mol. The predicted octanol–water partition coefficient (Wildman–Crippen LogP) is 4.09. The lowest BCUT2D eigenvalue weighted by atomic mass is 9.79. The van der Waals surface area contributed by atoms with E-state index in [1.165, 1.54) is 36.7 Å². The summed E-state index contributed by atoms with van der Waals surface area (Å²) in [5.74, 6) is 0.0170. The van der Waals surface area contributed by atoms with Crippen LogP contribution in [0.4, 0.5) is 0 Å². The fourth-order valence-corrected chi connectivity index (χ4v) is 6.03. The van der Waals surface area contributed by atoms with Crippen LogP contribution in [0.15, 0.2) is 28.1 Å². The van der Waals surface area contributed by atoms with Crippen LogP contribution in [0.25, 0.3) is 10.2 Å². The van der Waals surface area contributed by atoms with Crippen molar-refractivity contribution < 1.29 is 22.7 Å². The zero-order chi connectivity index (χ0) is 23.3. The van der Waals surface area contributed by atoms with Crippen LogP contribution in [0.1, 0.15) is 58.8 Å². The van der Waals surface area contributed by atoms with Crippen molar-refractivity contribution >= 4 is 43.3 Å². The maximum atomic E-state index is 13.0. The van der Waals surface area contributed by atoms with Crippen molar-refractivity contribution in [2.45, 2.75) is 70.2 Å². The molecule has 1 aromatic heterocycles. The Balaban J connectivity index is 1.92. The van der Waals surface area contributed by atoms with Gasteiger partial charge in [0.05, 0.1) is 21.7 Å². The van der Waals surface area contributed by atoms with Crippen molar-refractivity contribution in [2.75, 3.05) is 12.9 Å². The summed E-state index contributed by atoms with van der Waals surface area (Å²) in [4.78, 5) is 30.1. The molecule has 3 rings (SSSR count). The molecule has 2 aromatic rings. The van der Waals surface area contributed by atoms with Crippen LogP contribution in [0.5, 0.6) is 0 Å². The van der Waals surface area contributed by atoms with Gasteiger partial charge in [-0.15, -0.1) is 0 Å². The van der Waals surface area contributed by atoms with Crippen LogP contribution < -0.4 is 4.80 Å². The summed E-state index contributed by atoms with van der Waals surface area (Å²) in [7, 11) is -3.37. The summed E-state index contributed by atoms with van der Waals surface area (Å²) in [6, 6.07) is 4.73. The smallest absolute Gasteiger partial charge is 0.326 e. The molecule has 9 heteroatoms. The number of benzene rings is 1. The fraction of sp³-hybridized carbons (Fsp3) is 0.609. The third kappa shape index (κ3) is 6.07. The van der Waals surface area contributed by atoms with Gasteiger partial charge in [0.1, 0.15) is 6.54 Å². The molecule has 0 spiro atoms. The van der Waals surface area contributed by atoms with E-state index < -0.39 is 15.8 Å². The molecule has 1 aliphatic carbocycles. The van der Waals surface area contributed by atoms with E-state index in [1.54, 1.807) is 23.6 Å². The number of esters is 1. The number of hydrogen-bond donors (Lipinski definition) is 0. The first-order valence-corrected chi connectivity index (χ1v) is 14.0. The molecule has 1 saturated carbocycles. The molecule has 1 heterocycles. The summed E-state index contributed by atoms with van der Waals surface area (Å²) in [5, 5.41) is 0. The van der Waals surface area contributed by atoms with Gasteiger partial charge < -0.3 is 9.30 Å². The third-order valence-corrected chi connectivity index (χ3v) is 8.19. The summed E-state index contributed by atoms with van der Waals surface area (Å²) in [5.41, 5.74) is 0.658. The normalized spacial score (nSPS) is 19.9. The molecular formula is C23H32N2O5S2. The molecule has 0 bridgehead atoms. The number of ether oxygens (including phenoxy) is 1. The van der Waals surface area contributed by atoms with Gasteiger partial charge in [-0.25, -0.2) is 8.42 Å². The summed E-state index contributed by atoms with van der Waals surface area (Å²) < 4.78 is 31.3. The number of carbonyl (C=O) groups is 2. The molecular weight excluding hydrogens is 448 g/mol. The van der Waals surface area contributed by atoms with Crippen LogP contribution in [-0.2, 0) is 30.7 Å². The van der Waals surface area contributed by atoms with E-state index in [1.807, 2.05) is 0 Å². The highest BCUT2D eigenvalue weighted by Gasteiger charge is 2.26. The van der Waals surface area contributed by atoms with E-state index >= 15 is 0 Å². The van der Waals surface area contributed by atoms with Crippen molar-refractivity contribution in [3.05, 3.63) is 23.0 Å². The van der Waals surface area contributed by atoms with Crippen molar-refractivity contribution in [1.82, 2.24) is 4.57 Å². The van der Waals surface area contributed by atoms with Gasteiger partial charge in [-0.2, -0.15) is 4.99 Å². The van der Waals surface area contributed by atoms with E-state index in [0.29, 0.717) is 20.9 Å². The minimum absolute atomic E-state index is 0.0814. The second kappa shape index (κ2) is 10.7. The Hall–Kier alpha value is -2.00. The summed E-state index contributed by atoms with van der Waals surface area (Å²) in [6.45, 7) is 4.11. The number of hydrogen-bond acceptors (Lipinski definition) is 6.